The third-order valence-electron chi connectivity index (χ3n) is 2.86. The minimum absolute atomic E-state index is 0.153. The Morgan fingerprint density at radius 3 is 2.42 bits per heavy atom. The number of rotatable bonds is 7. The van der Waals surface area contributed by atoms with Crippen LogP contribution in [-0.2, 0) is 4.79 Å². The average molecular weight is 367 g/mol. The zero-order valence-electron chi connectivity index (χ0n) is 13.0. The van der Waals surface area contributed by atoms with Gasteiger partial charge in [-0.15, -0.1) is 0 Å². The maximum absolute atomic E-state index is 11.7. The van der Waals surface area contributed by atoms with Gasteiger partial charge in [-0.2, -0.15) is 5.10 Å². The highest BCUT2D eigenvalue weighted by Crippen LogP contribution is 2.19. The summed E-state index contributed by atoms with van der Waals surface area (Å²) in [6.45, 7) is 2.35. The SMILES string of the molecule is CCOc1ccc(OCC(=O)N/N=C/c2ccc(Cl)cc2Cl)cc1. The molecule has 0 aromatic heterocycles. The minimum atomic E-state index is -0.384. The third-order valence-corrected chi connectivity index (χ3v) is 3.42. The molecule has 2 rings (SSSR count). The second-order valence-electron chi connectivity index (χ2n) is 4.65. The highest BCUT2D eigenvalue weighted by molar-refractivity contribution is 6.36. The molecular formula is C17H16Cl2N2O3. The monoisotopic (exact) mass is 366 g/mol. The molecule has 0 spiro atoms. The van der Waals surface area contributed by atoms with Gasteiger partial charge < -0.3 is 9.47 Å². The molecule has 126 valence electrons. The summed E-state index contributed by atoms with van der Waals surface area (Å²) in [5.74, 6) is 0.933. The maximum Gasteiger partial charge on any atom is 0.277 e. The number of nitrogens with zero attached hydrogens (tertiary/aromatic N) is 1. The fourth-order valence-corrected chi connectivity index (χ4v) is 2.22. The largest absolute Gasteiger partial charge is 0.494 e. The number of ether oxygens (including phenoxy) is 2. The molecule has 0 atom stereocenters. The van der Waals surface area contributed by atoms with Gasteiger partial charge in [-0.3, -0.25) is 4.79 Å². The van der Waals surface area contributed by atoms with Crippen molar-refractivity contribution >= 4 is 35.3 Å². The maximum atomic E-state index is 11.7. The van der Waals surface area contributed by atoms with E-state index in [-0.39, 0.29) is 12.5 Å². The zero-order valence-corrected chi connectivity index (χ0v) is 14.5. The van der Waals surface area contributed by atoms with Crippen LogP contribution in [0.15, 0.2) is 47.6 Å². The number of hydrazone groups is 1. The number of carbonyl (C=O) groups is 1. The van der Waals surface area contributed by atoms with Gasteiger partial charge in [0.1, 0.15) is 11.5 Å². The van der Waals surface area contributed by atoms with E-state index in [1.54, 1.807) is 42.5 Å². The molecule has 0 radical (unpaired) electrons. The van der Waals surface area contributed by atoms with E-state index in [1.165, 1.54) is 6.21 Å². The molecule has 2 aromatic carbocycles. The first-order chi connectivity index (χ1) is 11.6. The van der Waals surface area contributed by atoms with Crippen LogP contribution in [0.3, 0.4) is 0 Å². The lowest BCUT2D eigenvalue weighted by molar-refractivity contribution is -0.123. The molecule has 0 aliphatic carbocycles. The number of halogens is 2. The molecule has 24 heavy (non-hydrogen) atoms. The van der Waals surface area contributed by atoms with Crippen molar-refractivity contribution in [2.24, 2.45) is 5.10 Å². The number of amides is 1. The van der Waals surface area contributed by atoms with E-state index in [2.05, 4.69) is 10.5 Å². The Labute approximate surface area is 150 Å². The Hall–Kier alpha value is -2.24. The first kappa shape index (κ1) is 18.1. The van der Waals surface area contributed by atoms with Crippen molar-refractivity contribution in [1.29, 1.82) is 0 Å². The summed E-state index contributed by atoms with van der Waals surface area (Å²) >= 11 is 11.8. The number of benzene rings is 2. The summed E-state index contributed by atoms with van der Waals surface area (Å²) in [7, 11) is 0. The average Bonchev–Trinajstić information content (AvgIpc) is 2.56. The highest BCUT2D eigenvalue weighted by Gasteiger charge is 2.03. The van der Waals surface area contributed by atoms with Gasteiger partial charge >= 0.3 is 0 Å². The molecule has 7 heteroatoms. The van der Waals surface area contributed by atoms with E-state index in [9.17, 15) is 4.79 Å². The van der Waals surface area contributed by atoms with Crippen LogP contribution < -0.4 is 14.9 Å². The van der Waals surface area contributed by atoms with Crippen molar-refractivity contribution in [3.63, 3.8) is 0 Å². The molecule has 0 aliphatic heterocycles. The summed E-state index contributed by atoms with van der Waals surface area (Å²) in [6.07, 6.45) is 1.44. The lowest BCUT2D eigenvalue weighted by Crippen LogP contribution is -2.24. The molecule has 0 unspecified atom stereocenters. The van der Waals surface area contributed by atoms with Crippen molar-refractivity contribution in [2.45, 2.75) is 6.92 Å². The van der Waals surface area contributed by atoms with Crippen LogP contribution in [0.25, 0.3) is 0 Å². The molecular weight excluding hydrogens is 351 g/mol. The standard InChI is InChI=1S/C17H16Cl2N2O3/c1-2-23-14-5-7-15(8-6-14)24-11-17(22)21-20-10-12-3-4-13(18)9-16(12)19/h3-10H,2,11H2,1H3,(H,21,22)/b20-10+. The molecule has 0 saturated heterocycles. The quantitative estimate of drug-likeness (QED) is 0.596. The van der Waals surface area contributed by atoms with Crippen LogP contribution in [0.4, 0.5) is 0 Å². The van der Waals surface area contributed by atoms with Gasteiger partial charge in [0, 0.05) is 10.6 Å². The fourth-order valence-electron chi connectivity index (χ4n) is 1.76. The molecule has 0 saturated carbocycles. The smallest absolute Gasteiger partial charge is 0.277 e. The van der Waals surface area contributed by atoms with E-state index >= 15 is 0 Å². The van der Waals surface area contributed by atoms with Gasteiger partial charge in [0.05, 0.1) is 17.8 Å². The van der Waals surface area contributed by atoms with Gasteiger partial charge in [-0.05, 0) is 43.3 Å². The Kier molecular flexibility index (Phi) is 6.90. The Morgan fingerprint density at radius 1 is 1.12 bits per heavy atom. The Balaban J connectivity index is 1.79. The van der Waals surface area contributed by atoms with Crippen LogP contribution >= 0.6 is 23.2 Å². The van der Waals surface area contributed by atoms with E-state index in [1.807, 2.05) is 6.92 Å². The molecule has 5 nitrogen and oxygen atoms in total. The summed E-state index contributed by atoms with van der Waals surface area (Å²) in [6, 6.07) is 12.0. The summed E-state index contributed by atoms with van der Waals surface area (Å²) in [5, 5.41) is 4.81. The fraction of sp³-hybridized carbons (Fsp3) is 0.176. The summed E-state index contributed by atoms with van der Waals surface area (Å²) in [4.78, 5) is 11.7. The van der Waals surface area contributed by atoms with Crippen molar-refractivity contribution in [3.8, 4) is 11.5 Å². The van der Waals surface area contributed by atoms with Crippen molar-refractivity contribution in [1.82, 2.24) is 5.43 Å². The molecule has 0 fully saturated rings. The van der Waals surface area contributed by atoms with Gasteiger partial charge in [0.15, 0.2) is 6.61 Å². The van der Waals surface area contributed by atoms with Crippen molar-refractivity contribution in [2.75, 3.05) is 13.2 Å². The molecule has 2 aromatic rings. The van der Waals surface area contributed by atoms with Crippen LogP contribution in [0.5, 0.6) is 11.5 Å². The highest BCUT2D eigenvalue weighted by atomic mass is 35.5. The molecule has 1 N–H and O–H groups in total. The second-order valence-corrected chi connectivity index (χ2v) is 5.50. The molecule has 1 amide bonds. The van der Waals surface area contributed by atoms with E-state index in [0.717, 1.165) is 5.75 Å². The third kappa shape index (κ3) is 5.76. The predicted molar refractivity (Wildman–Crippen MR) is 95.3 cm³/mol. The van der Waals surface area contributed by atoms with Gasteiger partial charge in [0.25, 0.3) is 5.91 Å². The van der Waals surface area contributed by atoms with Crippen LogP contribution in [0, 0.1) is 0 Å². The van der Waals surface area contributed by atoms with Gasteiger partial charge in [0.2, 0.25) is 0 Å². The topological polar surface area (TPSA) is 59.9 Å². The Morgan fingerprint density at radius 2 is 1.79 bits per heavy atom. The molecule has 0 bridgehead atoms. The number of hydrogen-bond acceptors (Lipinski definition) is 4. The van der Waals surface area contributed by atoms with E-state index in [4.69, 9.17) is 32.7 Å². The number of nitrogens with one attached hydrogen (secondary N) is 1. The number of hydrogen-bond donors (Lipinski definition) is 1. The Bertz CT molecular complexity index is 718. The van der Waals surface area contributed by atoms with E-state index in [0.29, 0.717) is 28.0 Å². The normalized spacial score (nSPS) is 10.6. The molecule has 0 aliphatic rings. The first-order valence-corrected chi connectivity index (χ1v) is 7.96. The zero-order chi connectivity index (χ0) is 17.4. The van der Waals surface area contributed by atoms with Crippen LogP contribution in [0.1, 0.15) is 12.5 Å². The number of carbonyl (C=O) groups excluding carboxylic acids is 1. The van der Waals surface area contributed by atoms with Gasteiger partial charge in [-0.1, -0.05) is 29.3 Å². The lowest BCUT2D eigenvalue weighted by Gasteiger charge is -2.06. The van der Waals surface area contributed by atoms with E-state index < -0.39 is 0 Å². The summed E-state index contributed by atoms with van der Waals surface area (Å²) in [5.41, 5.74) is 3.01. The van der Waals surface area contributed by atoms with Crippen LogP contribution in [0.2, 0.25) is 10.0 Å². The second kappa shape index (κ2) is 9.15. The van der Waals surface area contributed by atoms with Crippen molar-refractivity contribution in [3.05, 3.63) is 58.1 Å². The first-order valence-electron chi connectivity index (χ1n) is 7.21. The lowest BCUT2D eigenvalue weighted by atomic mass is 10.2. The van der Waals surface area contributed by atoms with Gasteiger partial charge in [-0.25, -0.2) is 5.43 Å². The minimum Gasteiger partial charge on any atom is -0.494 e. The molecule has 0 heterocycles. The van der Waals surface area contributed by atoms with Crippen molar-refractivity contribution < 1.29 is 14.3 Å². The van der Waals surface area contributed by atoms with Crippen LogP contribution in [-0.4, -0.2) is 25.3 Å². The summed E-state index contributed by atoms with van der Waals surface area (Å²) < 4.78 is 10.7. The predicted octanol–water partition coefficient (Wildman–Crippen LogP) is 3.92.